The number of hydrogen-bond acceptors (Lipinski definition) is 17. The highest BCUT2D eigenvalue weighted by Crippen LogP contribution is 2.32. The number of thiazole rings is 1. The summed E-state index contributed by atoms with van der Waals surface area (Å²) in [6, 6.07) is 11.1. The number of primary amides is 1. The van der Waals surface area contributed by atoms with Gasteiger partial charge in [0.05, 0.1) is 12.6 Å². The minimum atomic E-state index is -1.43. The molecule has 10 amide bonds. The summed E-state index contributed by atoms with van der Waals surface area (Å²) < 4.78 is 5.87. The van der Waals surface area contributed by atoms with Gasteiger partial charge in [0.2, 0.25) is 41.4 Å². The van der Waals surface area contributed by atoms with Crippen molar-refractivity contribution in [2.45, 2.75) is 201 Å². The monoisotopic (exact) mass is 1330 g/mol. The Morgan fingerprint density at radius 2 is 1.47 bits per heavy atom. The minimum absolute atomic E-state index is 0.0295. The zero-order valence-corrected chi connectivity index (χ0v) is 57.1. The van der Waals surface area contributed by atoms with Gasteiger partial charge >= 0.3 is 12.0 Å². The second kappa shape index (κ2) is 38.7. The number of hydrogen-bond donors (Lipinski definition) is 10. The van der Waals surface area contributed by atoms with Crippen LogP contribution in [0.1, 0.15) is 172 Å². The minimum Gasteiger partial charge on any atom is -0.455 e. The van der Waals surface area contributed by atoms with E-state index < -0.39 is 90.1 Å². The molecule has 1 aromatic heterocycles. The summed E-state index contributed by atoms with van der Waals surface area (Å²) in [5.41, 5.74) is 9.75. The average Bonchev–Trinajstić information content (AvgIpc) is 1.55. The van der Waals surface area contributed by atoms with Gasteiger partial charge in [-0.25, -0.2) is 15.3 Å². The number of carbonyl (C=O) groups is 10. The molecule has 3 aromatic rings. The number of piperidine rings is 2. The predicted molar refractivity (Wildman–Crippen MR) is 354 cm³/mol. The van der Waals surface area contributed by atoms with Crippen LogP contribution in [0.4, 0.5) is 10.5 Å². The van der Waals surface area contributed by atoms with Crippen molar-refractivity contribution in [1.29, 1.82) is 0 Å². The summed E-state index contributed by atoms with van der Waals surface area (Å²) in [6.45, 7) is 16.0. The van der Waals surface area contributed by atoms with Gasteiger partial charge in [-0.15, -0.1) is 11.3 Å². The number of esters is 1. The van der Waals surface area contributed by atoms with Gasteiger partial charge in [0, 0.05) is 87.9 Å². The lowest BCUT2D eigenvalue weighted by atomic mass is 9.92. The molecule has 26 nitrogen and oxygen atoms in total. The van der Waals surface area contributed by atoms with E-state index in [2.05, 4.69) is 42.4 Å². The van der Waals surface area contributed by atoms with E-state index in [1.54, 1.807) is 67.3 Å². The van der Waals surface area contributed by atoms with Crippen molar-refractivity contribution in [1.82, 2.24) is 51.7 Å². The normalized spacial score (nSPS) is 17.1. The average molecular weight is 1330 g/mol. The van der Waals surface area contributed by atoms with Crippen LogP contribution in [-0.4, -0.2) is 172 Å². The molecule has 0 unspecified atom stereocenters. The number of benzene rings is 2. The van der Waals surface area contributed by atoms with Crippen LogP contribution in [0.3, 0.4) is 0 Å². The number of hydroxylamine groups is 1. The number of aromatic nitrogens is 1. The molecule has 5 rings (SSSR count). The molecule has 0 radical (unpaired) electrons. The standard InChI is InChI=1S/C67H102N12O14S/c1-11-42(6)58(75-62(86)52-22-15-16-32-77(52)9)65(88)78(10)53(40(2)3)37-54(93-44(8)80)64-73-51(39-94-64)61(85)71-49(36-45-19-13-12-14-20-45)35-43(7)59(83)76-92-38-46-25-27-48(28-26-46)70-60(84)50(21-18-31-69-67(68)91)72-63(87)57(41(4)5)74-55(81)23-17-24-56(82)79-33-29-47(30-34-79)66(89)90/h12-14,19-20,25-28,39-43,47,49-50,52-54,57-58,66,89-90H,11,15-18,21-24,29-38H2,1-10H3,(H,70,84)(H,71,85)(H,72,87)(H,74,81)(H,75,86)(H,76,83)(H3,68,69,91)/t42-,43-,49+,50-,52+,53+,54+,57-,58-/m0/s1. The number of aliphatic hydroxyl groups excluding tert-OH is 1. The smallest absolute Gasteiger partial charge is 0.312 e. The summed E-state index contributed by atoms with van der Waals surface area (Å²) >= 11 is 1.15. The highest BCUT2D eigenvalue weighted by molar-refractivity contribution is 7.09. The van der Waals surface area contributed by atoms with Crippen molar-refractivity contribution in [2.24, 2.45) is 35.3 Å². The van der Waals surface area contributed by atoms with Crippen LogP contribution in [-0.2, 0) is 61.0 Å². The van der Waals surface area contributed by atoms with Crippen LogP contribution in [0.25, 0.3) is 0 Å². The molecule has 520 valence electrons. The summed E-state index contributed by atoms with van der Waals surface area (Å²) in [5.74, 6) is -5.35. The number of aliphatic hydroxyl groups is 2. The SMILES string of the molecule is CC[C@H](C)[C@H](NC(=O)[C@H]1CCCCN1C)C(=O)N(C)[C@H](C[C@@H](OC(C)=O)c1nc(C(=O)N[C@@H](Cc2ccccc2)C[C@H](C)C(=O)NOCc2ccc(NC(=O)[C@H](CCCNC(N)=O)NC(=O)[C@@H](NC(=O)CCCC(=O)N3CCC(C(O)O)CC3)C(C)C)cc2)cs1)C(C)C. The molecule has 2 aromatic carbocycles. The summed E-state index contributed by atoms with van der Waals surface area (Å²) in [7, 11) is 3.63. The molecular weight excluding hydrogens is 1230 g/mol. The number of nitrogens with zero attached hydrogens (tertiary/aromatic N) is 4. The number of likely N-dealkylation sites (tertiary alicyclic amines) is 2. The van der Waals surface area contributed by atoms with E-state index in [1.165, 1.54) is 6.92 Å². The van der Waals surface area contributed by atoms with Gasteiger partial charge in [-0.1, -0.05) is 104 Å². The Bertz CT molecular complexity index is 2960. The second-order valence-corrected chi connectivity index (χ2v) is 26.6. The van der Waals surface area contributed by atoms with Gasteiger partial charge < -0.3 is 62.4 Å². The van der Waals surface area contributed by atoms with Crippen molar-refractivity contribution in [3.8, 4) is 0 Å². The van der Waals surface area contributed by atoms with Crippen LogP contribution in [0.5, 0.6) is 0 Å². The zero-order valence-electron chi connectivity index (χ0n) is 56.3. The van der Waals surface area contributed by atoms with Gasteiger partial charge in [-0.2, -0.15) is 0 Å². The van der Waals surface area contributed by atoms with Crippen molar-refractivity contribution in [2.75, 3.05) is 45.6 Å². The quantitative estimate of drug-likeness (QED) is 0.0159. The zero-order chi connectivity index (χ0) is 69.2. The predicted octanol–water partition coefficient (Wildman–Crippen LogP) is 4.98. The molecule has 27 heteroatoms. The Labute approximate surface area is 556 Å². The van der Waals surface area contributed by atoms with E-state index in [0.717, 1.165) is 36.3 Å². The van der Waals surface area contributed by atoms with Gasteiger partial charge in [0.1, 0.15) is 28.8 Å². The number of anilines is 1. The molecular formula is C67H102N12O14S. The molecule has 0 aliphatic carbocycles. The molecule has 94 heavy (non-hydrogen) atoms. The van der Waals surface area contributed by atoms with Gasteiger partial charge in [0.15, 0.2) is 12.4 Å². The van der Waals surface area contributed by atoms with Crippen LogP contribution < -0.4 is 43.1 Å². The molecule has 0 saturated carbocycles. The third kappa shape index (κ3) is 25.0. The third-order valence-electron chi connectivity index (χ3n) is 17.6. The van der Waals surface area contributed by atoms with Crippen molar-refractivity contribution < 1.29 is 67.7 Å². The van der Waals surface area contributed by atoms with Crippen molar-refractivity contribution in [3.63, 3.8) is 0 Å². The van der Waals surface area contributed by atoms with Crippen LogP contribution in [0, 0.1) is 29.6 Å². The molecule has 9 atom stereocenters. The maximum atomic E-state index is 14.4. The maximum absolute atomic E-state index is 14.4. The number of nitrogens with one attached hydrogen (secondary N) is 7. The topological polar surface area (TPSA) is 362 Å². The Hall–Kier alpha value is -7.59. The Balaban J connectivity index is 1.16. The van der Waals surface area contributed by atoms with E-state index in [9.17, 15) is 58.2 Å². The molecule has 0 spiro atoms. The summed E-state index contributed by atoms with van der Waals surface area (Å²) in [4.78, 5) is 149. The number of ether oxygens (including phenoxy) is 1. The second-order valence-electron chi connectivity index (χ2n) is 25.7. The Morgan fingerprint density at radius 1 is 0.777 bits per heavy atom. The number of rotatable bonds is 36. The Morgan fingerprint density at radius 3 is 2.09 bits per heavy atom. The molecule has 2 aliphatic rings. The first kappa shape index (κ1) is 77.1. The number of carbonyl (C=O) groups excluding carboxylic acids is 10. The van der Waals surface area contributed by atoms with E-state index in [4.69, 9.17) is 15.3 Å². The molecule has 0 bridgehead atoms. The first-order valence-corrected chi connectivity index (χ1v) is 33.9. The Kier molecular flexibility index (Phi) is 31.7. The molecule has 2 aliphatic heterocycles. The third-order valence-corrected chi connectivity index (χ3v) is 18.5. The van der Waals surface area contributed by atoms with Crippen LogP contribution in [0.2, 0.25) is 0 Å². The van der Waals surface area contributed by atoms with E-state index in [0.29, 0.717) is 61.5 Å². The molecule has 11 N–H and O–H groups in total. The number of urea groups is 1. The largest absolute Gasteiger partial charge is 0.455 e. The number of nitrogens with two attached hydrogens (primary N) is 1. The molecule has 3 heterocycles. The van der Waals surface area contributed by atoms with Crippen LogP contribution >= 0.6 is 11.3 Å². The highest BCUT2D eigenvalue weighted by Gasteiger charge is 2.38. The summed E-state index contributed by atoms with van der Waals surface area (Å²) in [5, 5.41) is 37.8. The van der Waals surface area contributed by atoms with Crippen LogP contribution in [0.15, 0.2) is 60.0 Å². The first-order chi connectivity index (χ1) is 44.6. The molecule has 2 fully saturated rings. The van der Waals surface area contributed by atoms with Gasteiger partial charge in [0.25, 0.3) is 5.91 Å². The maximum Gasteiger partial charge on any atom is 0.312 e. The van der Waals surface area contributed by atoms with Gasteiger partial charge in [-0.3, -0.25) is 52.9 Å². The van der Waals surface area contributed by atoms with Gasteiger partial charge in [-0.05, 0) is 112 Å². The fraction of sp³-hybridized carbons (Fsp3) is 0.627. The van der Waals surface area contributed by atoms with Crippen molar-refractivity contribution >= 4 is 76.3 Å². The first-order valence-electron chi connectivity index (χ1n) is 33.0. The molecule has 2 saturated heterocycles. The lowest BCUT2D eigenvalue weighted by Crippen LogP contribution is -2.58. The fourth-order valence-electron chi connectivity index (χ4n) is 11.7. The lowest BCUT2D eigenvalue weighted by Gasteiger charge is -2.38. The fourth-order valence-corrected chi connectivity index (χ4v) is 12.5. The van der Waals surface area contributed by atoms with Crippen molar-refractivity contribution in [3.05, 3.63) is 81.8 Å². The number of amides is 10. The van der Waals surface area contributed by atoms with E-state index in [1.807, 2.05) is 70.0 Å². The highest BCUT2D eigenvalue weighted by atomic mass is 32.1. The van der Waals surface area contributed by atoms with E-state index in [-0.39, 0.29) is 111 Å². The van der Waals surface area contributed by atoms with E-state index >= 15 is 0 Å². The lowest BCUT2D eigenvalue weighted by molar-refractivity contribution is -0.149. The summed E-state index contributed by atoms with van der Waals surface area (Å²) in [6.07, 6.45) is 3.30. The number of likely N-dealkylation sites (N-methyl/N-ethyl adjacent to an activating group) is 2.